The number of furan rings is 1. The molecule has 0 radical (unpaired) electrons. The summed E-state index contributed by atoms with van der Waals surface area (Å²) in [6.45, 7) is 3.83. The standard InChI is InChI=1S/C13H16ClNO5S/c1-2-5-13(12(16)17)6-8-15(9-7-13)21(18,19)11-4-3-10(14)20-11/h2-4H,1,5-9H2,(H,16,17). The Morgan fingerprint density at radius 2 is 2.10 bits per heavy atom. The Balaban J connectivity index is 2.17. The third-order valence-corrected chi connectivity index (χ3v) is 5.79. The van der Waals surface area contributed by atoms with Gasteiger partial charge < -0.3 is 9.52 Å². The molecule has 0 spiro atoms. The van der Waals surface area contributed by atoms with Crippen molar-refractivity contribution in [3.8, 4) is 0 Å². The monoisotopic (exact) mass is 333 g/mol. The van der Waals surface area contributed by atoms with E-state index < -0.39 is 21.4 Å². The van der Waals surface area contributed by atoms with Gasteiger partial charge in [-0.2, -0.15) is 4.31 Å². The van der Waals surface area contributed by atoms with E-state index in [4.69, 9.17) is 16.0 Å². The van der Waals surface area contributed by atoms with Crippen LogP contribution in [-0.2, 0) is 14.8 Å². The number of aliphatic carboxylic acids is 1. The number of carbonyl (C=O) groups is 1. The Labute approximate surface area is 128 Å². The predicted molar refractivity (Wildman–Crippen MR) is 76.6 cm³/mol. The molecule has 0 atom stereocenters. The van der Waals surface area contributed by atoms with Gasteiger partial charge in [0.25, 0.3) is 10.0 Å². The van der Waals surface area contributed by atoms with Crippen LogP contribution in [0.15, 0.2) is 34.3 Å². The minimum Gasteiger partial charge on any atom is -0.481 e. The minimum atomic E-state index is -3.77. The summed E-state index contributed by atoms with van der Waals surface area (Å²) in [7, 11) is -3.77. The number of hydrogen-bond donors (Lipinski definition) is 1. The van der Waals surface area contributed by atoms with Crippen LogP contribution in [0.5, 0.6) is 0 Å². The summed E-state index contributed by atoms with van der Waals surface area (Å²) in [6, 6.07) is 2.65. The zero-order chi connectivity index (χ0) is 15.7. The third kappa shape index (κ3) is 3.00. The highest BCUT2D eigenvalue weighted by molar-refractivity contribution is 7.89. The molecule has 8 heteroatoms. The Hall–Kier alpha value is -1.31. The largest absolute Gasteiger partial charge is 0.481 e. The van der Waals surface area contributed by atoms with Gasteiger partial charge in [0.2, 0.25) is 5.09 Å². The van der Waals surface area contributed by atoms with Crippen molar-refractivity contribution in [1.82, 2.24) is 4.31 Å². The van der Waals surface area contributed by atoms with Crippen molar-refractivity contribution in [2.45, 2.75) is 24.4 Å². The SMILES string of the molecule is C=CCC1(C(=O)O)CCN(S(=O)(=O)c2ccc(Cl)o2)CC1. The van der Waals surface area contributed by atoms with E-state index >= 15 is 0 Å². The van der Waals surface area contributed by atoms with Gasteiger partial charge in [-0.05, 0) is 43.0 Å². The van der Waals surface area contributed by atoms with E-state index in [2.05, 4.69) is 6.58 Å². The van der Waals surface area contributed by atoms with Gasteiger partial charge in [-0.3, -0.25) is 4.79 Å². The molecule has 116 valence electrons. The van der Waals surface area contributed by atoms with Gasteiger partial charge >= 0.3 is 5.97 Å². The smallest absolute Gasteiger partial charge is 0.310 e. The van der Waals surface area contributed by atoms with Crippen molar-refractivity contribution in [2.75, 3.05) is 13.1 Å². The second-order valence-electron chi connectivity index (χ2n) is 5.04. The molecule has 1 N–H and O–H groups in total. The van der Waals surface area contributed by atoms with Crippen LogP contribution in [0.4, 0.5) is 0 Å². The molecule has 0 unspecified atom stereocenters. The van der Waals surface area contributed by atoms with Crippen LogP contribution in [0.25, 0.3) is 0 Å². The van der Waals surface area contributed by atoms with Crippen molar-refractivity contribution in [1.29, 1.82) is 0 Å². The first-order chi connectivity index (χ1) is 9.82. The first-order valence-electron chi connectivity index (χ1n) is 6.42. The summed E-state index contributed by atoms with van der Waals surface area (Å²) in [4.78, 5) is 11.4. The topological polar surface area (TPSA) is 87.8 Å². The molecule has 1 saturated heterocycles. The number of halogens is 1. The predicted octanol–water partition coefficient (Wildman–Crippen LogP) is 2.36. The Morgan fingerprint density at radius 1 is 1.48 bits per heavy atom. The van der Waals surface area contributed by atoms with E-state index in [1.54, 1.807) is 6.08 Å². The molecule has 2 rings (SSSR count). The number of rotatable bonds is 5. The number of carboxylic acid groups (broad SMARTS) is 1. The minimum absolute atomic E-state index is 0.00266. The number of piperidine rings is 1. The van der Waals surface area contributed by atoms with Crippen LogP contribution in [0, 0.1) is 5.41 Å². The second kappa shape index (κ2) is 5.82. The van der Waals surface area contributed by atoms with E-state index in [0.29, 0.717) is 6.42 Å². The van der Waals surface area contributed by atoms with Gasteiger partial charge in [0.05, 0.1) is 5.41 Å². The van der Waals surface area contributed by atoms with Crippen molar-refractivity contribution in [2.24, 2.45) is 5.41 Å². The zero-order valence-corrected chi connectivity index (χ0v) is 12.9. The van der Waals surface area contributed by atoms with Crippen LogP contribution in [0.1, 0.15) is 19.3 Å². The average molecular weight is 334 g/mol. The molecule has 2 heterocycles. The van der Waals surface area contributed by atoms with Crippen LogP contribution in [0.2, 0.25) is 5.22 Å². The summed E-state index contributed by atoms with van der Waals surface area (Å²) in [6.07, 6.45) is 2.36. The molecule has 1 fully saturated rings. The highest BCUT2D eigenvalue weighted by Crippen LogP contribution is 2.37. The molecular weight excluding hydrogens is 318 g/mol. The van der Waals surface area contributed by atoms with Crippen molar-refractivity contribution < 1.29 is 22.7 Å². The summed E-state index contributed by atoms with van der Waals surface area (Å²) < 4.78 is 30.9. The van der Waals surface area contributed by atoms with Crippen LogP contribution < -0.4 is 0 Å². The first-order valence-corrected chi connectivity index (χ1v) is 8.23. The van der Waals surface area contributed by atoms with Gasteiger partial charge in [-0.1, -0.05) is 6.08 Å². The van der Waals surface area contributed by atoms with E-state index in [1.807, 2.05) is 0 Å². The maximum absolute atomic E-state index is 12.3. The van der Waals surface area contributed by atoms with Gasteiger partial charge in [0.1, 0.15) is 0 Å². The van der Waals surface area contributed by atoms with E-state index in [1.165, 1.54) is 16.4 Å². The molecule has 21 heavy (non-hydrogen) atoms. The number of carboxylic acids is 1. The first kappa shape index (κ1) is 16.1. The zero-order valence-electron chi connectivity index (χ0n) is 11.3. The molecule has 1 aliphatic heterocycles. The third-order valence-electron chi connectivity index (χ3n) is 3.81. The number of hydrogen-bond acceptors (Lipinski definition) is 4. The molecule has 0 bridgehead atoms. The normalized spacial score (nSPS) is 19.3. The summed E-state index contributed by atoms with van der Waals surface area (Å²) in [5.41, 5.74) is -0.936. The van der Waals surface area contributed by atoms with Crippen LogP contribution >= 0.6 is 11.6 Å². The lowest BCUT2D eigenvalue weighted by Crippen LogP contribution is -2.46. The van der Waals surface area contributed by atoms with Gasteiger partial charge in [-0.25, -0.2) is 8.42 Å². The Morgan fingerprint density at radius 3 is 2.52 bits per heavy atom. The van der Waals surface area contributed by atoms with Crippen molar-refractivity contribution in [3.63, 3.8) is 0 Å². The number of nitrogens with zero attached hydrogens (tertiary/aromatic N) is 1. The lowest BCUT2D eigenvalue weighted by molar-refractivity contribution is -0.151. The highest BCUT2D eigenvalue weighted by Gasteiger charge is 2.43. The second-order valence-corrected chi connectivity index (χ2v) is 7.28. The van der Waals surface area contributed by atoms with Crippen LogP contribution in [0.3, 0.4) is 0 Å². The lowest BCUT2D eigenvalue weighted by atomic mass is 9.76. The quantitative estimate of drug-likeness (QED) is 0.836. The van der Waals surface area contributed by atoms with Gasteiger partial charge in [0, 0.05) is 13.1 Å². The lowest BCUT2D eigenvalue weighted by Gasteiger charge is -2.37. The van der Waals surface area contributed by atoms with Crippen molar-refractivity contribution in [3.05, 3.63) is 30.0 Å². The molecule has 0 saturated carbocycles. The molecule has 6 nitrogen and oxygen atoms in total. The average Bonchev–Trinajstić information content (AvgIpc) is 2.87. The number of allylic oxidation sites excluding steroid dienone is 1. The van der Waals surface area contributed by atoms with E-state index in [-0.39, 0.29) is 36.2 Å². The van der Waals surface area contributed by atoms with Crippen molar-refractivity contribution >= 4 is 27.6 Å². The molecule has 1 aliphatic rings. The molecule has 1 aromatic rings. The van der Waals surface area contributed by atoms with Crippen LogP contribution in [-0.4, -0.2) is 36.9 Å². The molecule has 1 aromatic heterocycles. The summed E-state index contributed by atoms with van der Waals surface area (Å²) in [5.74, 6) is -0.916. The number of sulfonamides is 1. The maximum atomic E-state index is 12.3. The van der Waals surface area contributed by atoms with E-state index in [0.717, 1.165) is 0 Å². The fraction of sp³-hybridized carbons (Fsp3) is 0.462. The molecular formula is C13H16ClNO5S. The molecule has 0 aliphatic carbocycles. The van der Waals surface area contributed by atoms with Gasteiger partial charge in [0.15, 0.2) is 5.22 Å². The van der Waals surface area contributed by atoms with E-state index in [9.17, 15) is 18.3 Å². The fourth-order valence-corrected chi connectivity index (χ4v) is 4.04. The molecule has 0 aromatic carbocycles. The summed E-state index contributed by atoms with van der Waals surface area (Å²) >= 11 is 5.60. The fourth-order valence-electron chi connectivity index (χ4n) is 2.50. The highest BCUT2D eigenvalue weighted by atomic mass is 35.5. The van der Waals surface area contributed by atoms with Gasteiger partial charge in [-0.15, -0.1) is 6.58 Å². The Kier molecular flexibility index (Phi) is 4.46. The Bertz CT molecular complexity index is 643. The molecule has 0 amide bonds. The summed E-state index contributed by atoms with van der Waals surface area (Å²) in [5, 5.41) is 9.15. The maximum Gasteiger partial charge on any atom is 0.310 e.